The number of pyridine rings is 1. The zero-order valence-electron chi connectivity index (χ0n) is 11.5. The topological polar surface area (TPSA) is 12.9 Å². The standard InChI is InChI=1S/C15H18ClNSSi/c1-19(2,3)13-8-6-12(7-9-13)11-18-15-14(16)5-4-10-17-15/h4-10H,11H2,1-3H3. The molecule has 0 aliphatic carbocycles. The molecule has 0 amide bonds. The van der Waals surface area contributed by atoms with E-state index in [0.717, 1.165) is 15.8 Å². The number of aromatic nitrogens is 1. The summed E-state index contributed by atoms with van der Waals surface area (Å²) in [6, 6.07) is 12.7. The largest absolute Gasteiger partial charge is 0.248 e. The molecule has 0 saturated carbocycles. The lowest BCUT2D eigenvalue weighted by atomic mass is 10.2. The van der Waals surface area contributed by atoms with Crippen LogP contribution in [0.2, 0.25) is 24.7 Å². The van der Waals surface area contributed by atoms with Crippen molar-refractivity contribution in [3.05, 3.63) is 53.2 Å². The van der Waals surface area contributed by atoms with Crippen LogP contribution in [0.4, 0.5) is 0 Å². The molecule has 0 fully saturated rings. The number of thioether (sulfide) groups is 1. The number of halogens is 1. The highest BCUT2D eigenvalue weighted by molar-refractivity contribution is 7.98. The highest BCUT2D eigenvalue weighted by Gasteiger charge is 2.15. The minimum atomic E-state index is -1.19. The Labute approximate surface area is 125 Å². The Morgan fingerprint density at radius 3 is 2.37 bits per heavy atom. The van der Waals surface area contributed by atoms with Crippen molar-refractivity contribution >= 4 is 36.6 Å². The van der Waals surface area contributed by atoms with Gasteiger partial charge in [-0.1, -0.05) is 60.7 Å². The molecule has 1 nitrogen and oxygen atoms in total. The van der Waals surface area contributed by atoms with E-state index < -0.39 is 8.07 Å². The molecule has 1 aromatic carbocycles. The van der Waals surface area contributed by atoms with Gasteiger partial charge in [0.05, 0.1) is 13.1 Å². The fourth-order valence-corrected chi connectivity index (χ4v) is 4.02. The Balaban J connectivity index is 2.03. The van der Waals surface area contributed by atoms with Gasteiger partial charge in [-0.05, 0) is 17.7 Å². The number of rotatable bonds is 4. The highest BCUT2D eigenvalue weighted by Crippen LogP contribution is 2.27. The first-order chi connectivity index (χ1) is 8.97. The second-order valence-electron chi connectivity index (χ2n) is 5.53. The molecule has 0 saturated heterocycles. The van der Waals surface area contributed by atoms with Crippen LogP contribution in [-0.4, -0.2) is 13.1 Å². The van der Waals surface area contributed by atoms with Gasteiger partial charge in [-0.15, -0.1) is 11.8 Å². The van der Waals surface area contributed by atoms with Gasteiger partial charge in [0.2, 0.25) is 0 Å². The first-order valence-corrected chi connectivity index (χ1v) is 11.2. The first kappa shape index (κ1) is 14.6. The van der Waals surface area contributed by atoms with Crippen LogP contribution < -0.4 is 5.19 Å². The molecule has 0 aliphatic rings. The van der Waals surface area contributed by atoms with Gasteiger partial charge in [-0.25, -0.2) is 4.98 Å². The summed E-state index contributed by atoms with van der Waals surface area (Å²) in [6.45, 7) is 7.10. The van der Waals surface area contributed by atoms with Crippen molar-refractivity contribution in [1.29, 1.82) is 0 Å². The molecule has 0 N–H and O–H groups in total. The molecule has 19 heavy (non-hydrogen) atoms. The minimum Gasteiger partial charge on any atom is -0.248 e. The van der Waals surface area contributed by atoms with Gasteiger partial charge in [0.1, 0.15) is 5.03 Å². The van der Waals surface area contributed by atoms with Gasteiger partial charge < -0.3 is 0 Å². The van der Waals surface area contributed by atoms with Crippen molar-refractivity contribution in [2.45, 2.75) is 30.4 Å². The molecule has 2 aromatic rings. The number of benzene rings is 1. The van der Waals surface area contributed by atoms with Crippen LogP contribution in [0.5, 0.6) is 0 Å². The normalized spacial score (nSPS) is 11.6. The van der Waals surface area contributed by atoms with E-state index >= 15 is 0 Å². The van der Waals surface area contributed by atoms with Crippen molar-refractivity contribution in [3.63, 3.8) is 0 Å². The predicted molar refractivity (Wildman–Crippen MR) is 88.2 cm³/mol. The lowest BCUT2D eigenvalue weighted by molar-refractivity contribution is 1.13. The number of hydrogen-bond acceptors (Lipinski definition) is 2. The monoisotopic (exact) mass is 307 g/mol. The Morgan fingerprint density at radius 2 is 1.79 bits per heavy atom. The molecule has 0 aliphatic heterocycles. The quantitative estimate of drug-likeness (QED) is 0.606. The van der Waals surface area contributed by atoms with E-state index in [2.05, 4.69) is 48.9 Å². The summed E-state index contributed by atoms with van der Waals surface area (Å²) in [7, 11) is -1.19. The smallest absolute Gasteiger partial charge is 0.115 e. The molecular weight excluding hydrogens is 290 g/mol. The third-order valence-electron chi connectivity index (χ3n) is 2.92. The molecule has 0 spiro atoms. The molecule has 0 atom stereocenters. The highest BCUT2D eigenvalue weighted by atomic mass is 35.5. The summed E-state index contributed by atoms with van der Waals surface area (Å²) in [4.78, 5) is 4.29. The molecule has 0 radical (unpaired) electrons. The molecule has 2 rings (SSSR count). The van der Waals surface area contributed by atoms with Crippen molar-refractivity contribution in [2.24, 2.45) is 0 Å². The Kier molecular flexibility index (Phi) is 4.71. The number of nitrogens with zero attached hydrogens (tertiary/aromatic N) is 1. The van der Waals surface area contributed by atoms with E-state index in [4.69, 9.17) is 11.6 Å². The zero-order chi connectivity index (χ0) is 13.9. The third-order valence-corrected chi connectivity index (χ3v) is 6.48. The average Bonchev–Trinajstić information content (AvgIpc) is 2.37. The van der Waals surface area contributed by atoms with Gasteiger partial charge in [0, 0.05) is 11.9 Å². The van der Waals surface area contributed by atoms with E-state index in [-0.39, 0.29) is 0 Å². The van der Waals surface area contributed by atoms with E-state index in [1.54, 1.807) is 18.0 Å². The first-order valence-electron chi connectivity index (χ1n) is 6.29. The fourth-order valence-electron chi connectivity index (χ4n) is 1.73. The van der Waals surface area contributed by atoms with Gasteiger partial charge in [-0.2, -0.15) is 0 Å². The van der Waals surface area contributed by atoms with Crippen LogP contribution in [0.3, 0.4) is 0 Å². The van der Waals surface area contributed by atoms with Crippen molar-refractivity contribution in [3.8, 4) is 0 Å². The molecule has 1 heterocycles. The molecule has 0 bridgehead atoms. The Hall–Kier alpha value is -0.773. The second-order valence-corrected chi connectivity index (χ2v) is 12.0. The van der Waals surface area contributed by atoms with Gasteiger partial charge in [0.25, 0.3) is 0 Å². The summed E-state index contributed by atoms with van der Waals surface area (Å²) >= 11 is 7.78. The van der Waals surface area contributed by atoms with Crippen molar-refractivity contribution < 1.29 is 0 Å². The third kappa shape index (κ3) is 4.10. The summed E-state index contributed by atoms with van der Waals surface area (Å²) in [5.41, 5.74) is 1.31. The Morgan fingerprint density at radius 1 is 1.11 bits per heavy atom. The maximum Gasteiger partial charge on any atom is 0.115 e. The summed E-state index contributed by atoms with van der Waals surface area (Å²) in [5.74, 6) is 0.905. The van der Waals surface area contributed by atoms with E-state index in [1.807, 2.05) is 12.1 Å². The maximum atomic E-state index is 6.10. The van der Waals surface area contributed by atoms with Crippen LogP contribution in [0, 0.1) is 0 Å². The number of hydrogen-bond donors (Lipinski definition) is 0. The van der Waals surface area contributed by atoms with Crippen LogP contribution >= 0.6 is 23.4 Å². The average molecular weight is 308 g/mol. The summed E-state index contributed by atoms with van der Waals surface area (Å²) < 4.78 is 0. The van der Waals surface area contributed by atoms with E-state index in [0.29, 0.717) is 0 Å². The van der Waals surface area contributed by atoms with Gasteiger partial charge >= 0.3 is 0 Å². The van der Waals surface area contributed by atoms with Gasteiger partial charge in [0.15, 0.2) is 0 Å². The maximum absolute atomic E-state index is 6.10. The second kappa shape index (κ2) is 6.12. The summed E-state index contributed by atoms with van der Waals surface area (Å²) in [6.07, 6.45) is 1.78. The molecule has 0 unspecified atom stereocenters. The molecular formula is C15H18ClNSSi. The lowest BCUT2D eigenvalue weighted by Gasteiger charge is -2.16. The van der Waals surface area contributed by atoms with Crippen LogP contribution in [-0.2, 0) is 5.75 Å². The van der Waals surface area contributed by atoms with Crippen molar-refractivity contribution in [1.82, 2.24) is 4.98 Å². The summed E-state index contributed by atoms with van der Waals surface area (Å²) in [5, 5.41) is 3.13. The lowest BCUT2D eigenvalue weighted by Crippen LogP contribution is -2.37. The van der Waals surface area contributed by atoms with Crippen LogP contribution in [0.15, 0.2) is 47.6 Å². The van der Waals surface area contributed by atoms with E-state index in [9.17, 15) is 0 Å². The Bertz CT molecular complexity index is 549. The minimum absolute atomic E-state index is 0.728. The van der Waals surface area contributed by atoms with Gasteiger partial charge in [-0.3, -0.25) is 0 Å². The van der Waals surface area contributed by atoms with Crippen LogP contribution in [0.25, 0.3) is 0 Å². The SMILES string of the molecule is C[Si](C)(C)c1ccc(CSc2ncccc2Cl)cc1. The predicted octanol–water partition coefficient (Wildman–Crippen LogP) is 4.57. The van der Waals surface area contributed by atoms with E-state index in [1.165, 1.54) is 10.8 Å². The zero-order valence-corrected chi connectivity index (χ0v) is 14.1. The van der Waals surface area contributed by atoms with Crippen LogP contribution in [0.1, 0.15) is 5.56 Å². The molecule has 4 heteroatoms. The fraction of sp³-hybridized carbons (Fsp3) is 0.267. The van der Waals surface area contributed by atoms with Crippen molar-refractivity contribution in [2.75, 3.05) is 0 Å². The molecule has 1 aromatic heterocycles. The molecule has 100 valence electrons.